The minimum atomic E-state index is -0.0567. The van der Waals surface area contributed by atoms with E-state index in [9.17, 15) is 4.79 Å². The van der Waals surface area contributed by atoms with Crippen molar-refractivity contribution in [2.24, 2.45) is 0 Å². The van der Waals surface area contributed by atoms with Crippen molar-refractivity contribution >= 4 is 11.6 Å². The number of nitrogens with one attached hydrogen (secondary N) is 2. The molecule has 0 aliphatic carbocycles. The van der Waals surface area contributed by atoms with Gasteiger partial charge in [0.05, 0.1) is 19.3 Å². The Bertz CT molecular complexity index is 667. The Morgan fingerprint density at radius 3 is 2.27 bits per heavy atom. The molecule has 1 amide bonds. The van der Waals surface area contributed by atoms with Gasteiger partial charge in [0, 0.05) is 12.2 Å². The summed E-state index contributed by atoms with van der Waals surface area (Å²) in [6.45, 7) is 7.48. The van der Waals surface area contributed by atoms with Crippen molar-refractivity contribution in [3.63, 3.8) is 0 Å². The van der Waals surface area contributed by atoms with Gasteiger partial charge in [-0.2, -0.15) is 0 Å². The fourth-order valence-electron chi connectivity index (χ4n) is 2.29. The number of hydrogen-bond donors (Lipinski definition) is 2. The van der Waals surface area contributed by atoms with E-state index >= 15 is 0 Å². The number of hydrogen-bond acceptors (Lipinski definition) is 4. The summed E-state index contributed by atoms with van der Waals surface area (Å²) in [7, 11) is 0. The van der Waals surface area contributed by atoms with Crippen molar-refractivity contribution < 1.29 is 14.3 Å². The van der Waals surface area contributed by atoms with E-state index in [-0.39, 0.29) is 18.6 Å². The van der Waals surface area contributed by atoms with Crippen LogP contribution in [0.3, 0.4) is 0 Å². The van der Waals surface area contributed by atoms with E-state index in [1.165, 1.54) is 0 Å². The zero-order chi connectivity index (χ0) is 18.8. The Labute approximate surface area is 155 Å². The van der Waals surface area contributed by atoms with Gasteiger partial charge < -0.3 is 20.1 Å². The highest BCUT2D eigenvalue weighted by Crippen LogP contribution is 2.16. The third kappa shape index (κ3) is 7.05. The second-order valence-corrected chi connectivity index (χ2v) is 6.31. The molecule has 0 radical (unpaired) electrons. The first-order valence-electron chi connectivity index (χ1n) is 9.06. The second kappa shape index (κ2) is 10.3. The first-order chi connectivity index (χ1) is 12.6. The minimum absolute atomic E-state index is 0.0567. The van der Waals surface area contributed by atoms with Crippen molar-refractivity contribution in [3.05, 3.63) is 54.1 Å². The maximum absolute atomic E-state index is 12.0. The van der Waals surface area contributed by atoms with Crippen molar-refractivity contribution in [2.45, 2.75) is 39.8 Å². The van der Waals surface area contributed by atoms with Crippen molar-refractivity contribution in [1.29, 1.82) is 0 Å². The van der Waals surface area contributed by atoms with Crippen LogP contribution in [0.4, 0.5) is 5.69 Å². The highest BCUT2D eigenvalue weighted by Gasteiger charge is 2.03. The van der Waals surface area contributed by atoms with E-state index in [2.05, 4.69) is 17.6 Å². The van der Waals surface area contributed by atoms with Crippen LogP contribution in [0.2, 0.25) is 0 Å². The van der Waals surface area contributed by atoms with Gasteiger partial charge in [0.25, 0.3) is 0 Å². The molecule has 0 aliphatic rings. The summed E-state index contributed by atoms with van der Waals surface area (Å²) in [5.74, 6) is 1.62. The van der Waals surface area contributed by atoms with Crippen molar-refractivity contribution in [3.8, 4) is 11.5 Å². The molecular weight excluding hydrogens is 328 g/mol. The lowest BCUT2D eigenvalue weighted by molar-refractivity contribution is -0.119. The lowest BCUT2D eigenvalue weighted by atomic mass is 10.2. The number of carbonyl (C=O) groups is 1. The molecule has 2 aromatic rings. The van der Waals surface area contributed by atoms with Gasteiger partial charge in [-0.25, -0.2) is 0 Å². The molecule has 0 fully saturated rings. The third-order valence-corrected chi connectivity index (χ3v) is 3.57. The van der Waals surface area contributed by atoms with E-state index in [0.717, 1.165) is 29.2 Å². The van der Waals surface area contributed by atoms with Crippen LogP contribution in [0, 0.1) is 0 Å². The average Bonchev–Trinajstić information content (AvgIpc) is 2.64. The molecule has 0 saturated heterocycles. The van der Waals surface area contributed by atoms with Gasteiger partial charge in [-0.3, -0.25) is 4.79 Å². The fraction of sp³-hybridized carbons (Fsp3) is 0.381. The molecule has 0 saturated carbocycles. The van der Waals surface area contributed by atoms with Crippen molar-refractivity contribution in [2.75, 3.05) is 18.5 Å². The molecule has 0 aromatic heterocycles. The summed E-state index contributed by atoms with van der Waals surface area (Å²) in [5.41, 5.74) is 1.92. The van der Waals surface area contributed by atoms with E-state index < -0.39 is 0 Å². The van der Waals surface area contributed by atoms with Crippen molar-refractivity contribution in [1.82, 2.24) is 5.32 Å². The van der Waals surface area contributed by atoms with Gasteiger partial charge in [-0.1, -0.05) is 19.1 Å². The summed E-state index contributed by atoms with van der Waals surface area (Å²) in [5, 5.41) is 6.01. The molecule has 0 bridgehead atoms. The van der Waals surface area contributed by atoms with E-state index in [1.807, 2.05) is 62.4 Å². The first kappa shape index (κ1) is 19.6. The minimum Gasteiger partial charge on any atom is -0.494 e. The summed E-state index contributed by atoms with van der Waals surface area (Å²) in [6.07, 6.45) is 1.13. The second-order valence-electron chi connectivity index (χ2n) is 6.31. The summed E-state index contributed by atoms with van der Waals surface area (Å²) in [6, 6.07) is 15.4. The maximum atomic E-state index is 12.0. The molecule has 2 aromatic carbocycles. The quantitative estimate of drug-likeness (QED) is 0.676. The lowest BCUT2D eigenvalue weighted by Gasteiger charge is -2.11. The predicted molar refractivity (Wildman–Crippen MR) is 105 cm³/mol. The highest BCUT2D eigenvalue weighted by molar-refractivity contribution is 5.80. The van der Waals surface area contributed by atoms with E-state index in [1.54, 1.807) is 0 Å². The molecule has 140 valence electrons. The molecule has 26 heavy (non-hydrogen) atoms. The van der Waals surface area contributed by atoms with Gasteiger partial charge in [0.2, 0.25) is 5.91 Å². The van der Waals surface area contributed by atoms with E-state index in [0.29, 0.717) is 13.2 Å². The Hall–Kier alpha value is -2.69. The van der Waals surface area contributed by atoms with Crippen LogP contribution in [-0.4, -0.2) is 25.2 Å². The van der Waals surface area contributed by atoms with Gasteiger partial charge >= 0.3 is 0 Å². The summed E-state index contributed by atoms with van der Waals surface area (Å²) in [4.78, 5) is 12.0. The smallest absolute Gasteiger partial charge is 0.239 e. The third-order valence-electron chi connectivity index (χ3n) is 3.57. The Kier molecular flexibility index (Phi) is 7.80. The predicted octanol–water partition coefficient (Wildman–Crippen LogP) is 3.99. The van der Waals surface area contributed by atoms with Crippen LogP contribution in [0.1, 0.15) is 32.8 Å². The number of amides is 1. The molecule has 0 atom stereocenters. The van der Waals surface area contributed by atoms with Crippen LogP contribution < -0.4 is 20.1 Å². The SMILES string of the molecule is CCCOc1ccc(NCC(=O)NCc2ccc(OC(C)C)cc2)cc1. The molecule has 0 heterocycles. The molecular formula is C21H28N2O3. The van der Waals surface area contributed by atoms with Crippen LogP contribution in [0.15, 0.2) is 48.5 Å². The standard InChI is InChI=1S/C21H28N2O3/c1-4-13-25-19-11-7-18(8-12-19)22-15-21(24)23-14-17-5-9-20(10-6-17)26-16(2)3/h5-12,16,22H,4,13-15H2,1-3H3,(H,23,24). The highest BCUT2D eigenvalue weighted by atomic mass is 16.5. The number of anilines is 1. The fourth-order valence-corrected chi connectivity index (χ4v) is 2.29. The molecule has 5 heteroatoms. The summed E-state index contributed by atoms with van der Waals surface area (Å²) >= 11 is 0. The topological polar surface area (TPSA) is 59.6 Å². The largest absolute Gasteiger partial charge is 0.494 e. The zero-order valence-electron chi connectivity index (χ0n) is 15.7. The first-order valence-corrected chi connectivity index (χ1v) is 9.06. The van der Waals surface area contributed by atoms with Crippen LogP contribution >= 0.6 is 0 Å². The molecule has 2 rings (SSSR count). The zero-order valence-corrected chi connectivity index (χ0v) is 15.7. The Balaban J connectivity index is 1.71. The number of ether oxygens (including phenoxy) is 2. The van der Waals surface area contributed by atoms with Gasteiger partial charge in [0.15, 0.2) is 0 Å². The van der Waals surface area contributed by atoms with Crippen LogP contribution in [0.25, 0.3) is 0 Å². The van der Waals surface area contributed by atoms with Gasteiger partial charge in [-0.15, -0.1) is 0 Å². The Morgan fingerprint density at radius 1 is 1.00 bits per heavy atom. The Morgan fingerprint density at radius 2 is 1.65 bits per heavy atom. The average molecular weight is 356 g/mol. The van der Waals surface area contributed by atoms with Gasteiger partial charge in [0.1, 0.15) is 11.5 Å². The maximum Gasteiger partial charge on any atom is 0.239 e. The normalized spacial score (nSPS) is 10.5. The lowest BCUT2D eigenvalue weighted by Crippen LogP contribution is -2.29. The molecule has 0 aliphatic heterocycles. The molecule has 5 nitrogen and oxygen atoms in total. The summed E-state index contributed by atoms with van der Waals surface area (Å²) < 4.78 is 11.1. The van der Waals surface area contributed by atoms with Crippen LogP contribution in [0.5, 0.6) is 11.5 Å². The molecule has 0 spiro atoms. The monoisotopic (exact) mass is 356 g/mol. The molecule has 0 unspecified atom stereocenters. The van der Waals surface area contributed by atoms with E-state index in [4.69, 9.17) is 9.47 Å². The molecule has 2 N–H and O–H groups in total. The van der Waals surface area contributed by atoms with Gasteiger partial charge in [-0.05, 0) is 62.2 Å². The van der Waals surface area contributed by atoms with Crippen LogP contribution in [-0.2, 0) is 11.3 Å². The number of rotatable bonds is 10. The number of benzene rings is 2. The number of carbonyl (C=O) groups excluding carboxylic acids is 1.